The Morgan fingerprint density at radius 2 is 1.56 bits per heavy atom. The smallest absolute Gasteiger partial charge is 0.248 e. The Bertz CT molecular complexity index is 1390. The molecule has 0 bridgehead atoms. The second-order valence-corrected chi connectivity index (χ2v) is 7.85. The molecule has 0 aliphatic heterocycles. The number of rotatable bonds is 4. The van der Waals surface area contributed by atoms with Gasteiger partial charge in [0.25, 0.3) is 0 Å². The molecule has 0 unspecified atom stereocenters. The van der Waals surface area contributed by atoms with Crippen LogP contribution in [0.4, 0.5) is 5.69 Å². The van der Waals surface area contributed by atoms with Crippen molar-refractivity contribution in [2.45, 2.75) is 6.42 Å². The standard InChI is InChI=1S/C29H21NO2/c31-28(17-14-22-9-5-8-21-6-1-3-10-26(21)22)30-25-15-12-20(13-16-25)18-24-19-23-7-2-4-11-27(23)29(24)32/h1-18H,19H2,(H,30,31)/b17-14+,24-18+. The third-order valence-corrected chi connectivity index (χ3v) is 5.69. The number of carbonyl (C=O) groups is 2. The average molecular weight is 415 g/mol. The normalized spacial score (nSPS) is 14.2. The molecule has 3 heteroatoms. The minimum Gasteiger partial charge on any atom is -0.323 e. The Labute approximate surface area is 186 Å². The molecular formula is C29H21NO2. The van der Waals surface area contributed by atoms with Gasteiger partial charge in [-0.05, 0) is 51.7 Å². The van der Waals surface area contributed by atoms with E-state index < -0.39 is 0 Å². The molecule has 1 aliphatic rings. The molecule has 5 rings (SSSR count). The van der Waals surface area contributed by atoms with Gasteiger partial charge in [0, 0.05) is 29.3 Å². The van der Waals surface area contributed by atoms with Crippen LogP contribution in [0.5, 0.6) is 0 Å². The first-order valence-electron chi connectivity index (χ1n) is 10.6. The maximum absolute atomic E-state index is 12.6. The highest BCUT2D eigenvalue weighted by atomic mass is 16.1. The Morgan fingerprint density at radius 1 is 0.812 bits per heavy atom. The highest BCUT2D eigenvalue weighted by Crippen LogP contribution is 2.27. The van der Waals surface area contributed by atoms with Crippen LogP contribution in [0.15, 0.2) is 103 Å². The molecule has 1 amide bonds. The summed E-state index contributed by atoms with van der Waals surface area (Å²) in [5.74, 6) is -0.0954. The van der Waals surface area contributed by atoms with Crippen LogP contribution in [0.1, 0.15) is 27.0 Å². The van der Waals surface area contributed by atoms with E-state index in [1.165, 1.54) is 0 Å². The second kappa shape index (κ2) is 8.48. The summed E-state index contributed by atoms with van der Waals surface area (Å²) < 4.78 is 0. The molecule has 1 N–H and O–H groups in total. The first kappa shape index (κ1) is 19.7. The van der Waals surface area contributed by atoms with Crippen molar-refractivity contribution in [2.75, 3.05) is 5.32 Å². The number of carbonyl (C=O) groups excluding carboxylic acids is 2. The minimum absolute atomic E-state index is 0.0940. The Balaban J connectivity index is 1.26. The SMILES string of the molecule is O=C(/C=C/c1cccc2ccccc12)Nc1ccc(/C=C2\Cc3ccccc3C2=O)cc1. The molecule has 0 saturated carbocycles. The number of amides is 1. The summed E-state index contributed by atoms with van der Waals surface area (Å²) in [6, 6.07) is 29.4. The monoisotopic (exact) mass is 415 g/mol. The van der Waals surface area contributed by atoms with Crippen LogP contribution in [-0.2, 0) is 11.2 Å². The number of hydrogen-bond acceptors (Lipinski definition) is 2. The maximum atomic E-state index is 12.6. The second-order valence-electron chi connectivity index (χ2n) is 7.85. The van der Waals surface area contributed by atoms with E-state index in [4.69, 9.17) is 0 Å². The molecule has 0 radical (unpaired) electrons. The first-order valence-corrected chi connectivity index (χ1v) is 10.6. The maximum Gasteiger partial charge on any atom is 0.248 e. The summed E-state index contributed by atoms with van der Waals surface area (Å²) in [7, 11) is 0. The largest absolute Gasteiger partial charge is 0.323 e. The zero-order valence-electron chi connectivity index (χ0n) is 17.4. The molecule has 0 heterocycles. The van der Waals surface area contributed by atoms with Gasteiger partial charge in [-0.1, -0.05) is 78.9 Å². The number of hydrogen-bond donors (Lipinski definition) is 1. The van der Waals surface area contributed by atoms with Crippen LogP contribution in [-0.4, -0.2) is 11.7 Å². The topological polar surface area (TPSA) is 46.2 Å². The lowest BCUT2D eigenvalue weighted by atomic mass is 10.0. The summed E-state index contributed by atoms with van der Waals surface area (Å²) in [6.45, 7) is 0. The molecule has 154 valence electrons. The zero-order valence-corrected chi connectivity index (χ0v) is 17.4. The van der Waals surface area contributed by atoms with Gasteiger partial charge in [-0.2, -0.15) is 0 Å². The third kappa shape index (κ3) is 4.01. The number of anilines is 1. The van der Waals surface area contributed by atoms with Crippen molar-refractivity contribution in [1.29, 1.82) is 0 Å². The molecule has 0 atom stereocenters. The number of ketones is 1. The highest BCUT2D eigenvalue weighted by molar-refractivity contribution is 6.15. The number of Topliss-reactive ketones (excluding diaryl/α,β-unsaturated/α-hetero) is 1. The van der Waals surface area contributed by atoms with Crippen molar-refractivity contribution in [3.63, 3.8) is 0 Å². The molecule has 0 aromatic heterocycles. The van der Waals surface area contributed by atoms with Crippen LogP contribution in [0.25, 0.3) is 22.9 Å². The van der Waals surface area contributed by atoms with Gasteiger partial charge in [0.05, 0.1) is 0 Å². The van der Waals surface area contributed by atoms with Crippen LogP contribution in [0.2, 0.25) is 0 Å². The zero-order chi connectivity index (χ0) is 21.9. The molecule has 32 heavy (non-hydrogen) atoms. The van der Waals surface area contributed by atoms with Crippen molar-refractivity contribution in [3.8, 4) is 0 Å². The van der Waals surface area contributed by atoms with E-state index in [1.807, 2.05) is 91.0 Å². The molecule has 0 saturated heterocycles. The van der Waals surface area contributed by atoms with E-state index in [0.29, 0.717) is 12.1 Å². The van der Waals surface area contributed by atoms with E-state index in [2.05, 4.69) is 17.4 Å². The van der Waals surface area contributed by atoms with Crippen LogP contribution in [0.3, 0.4) is 0 Å². The molecule has 0 fully saturated rings. The van der Waals surface area contributed by atoms with Gasteiger partial charge in [0.1, 0.15) is 0 Å². The molecule has 3 nitrogen and oxygen atoms in total. The molecule has 0 spiro atoms. The van der Waals surface area contributed by atoms with Crippen LogP contribution >= 0.6 is 0 Å². The Kier molecular flexibility index (Phi) is 5.22. The summed E-state index contributed by atoms with van der Waals surface area (Å²) in [5, 5.41) is 5.14. The predicted octanol–water partition coefficient (Wildman–Crippen LogP) is 6.31. The molecule has 1 aliphatic carbocycles. The van der Waals surface area contributed by atoms with Gasteiger partial charge < -0.3 is 5.32 Å². The minimum atomic E-state index is -0.189. The number of benzene rings is 4. The van der Waals surface area contributed by atoms with Crippen molar-refractivity contribution >= 4 is 40.3 Å². The third-order valence-electron chi connectivity index (χ3n) is 5.69. The van der Waals surface area contributed by atoms with Crippen molar-refractivity contribution in [2.24, 2.45) is 0 Å². The number of nitrogens with one attached hydrogen (secondary N) is 1. The van der Waals surface area contributed by atoms with Crippen LogP contribution in [0, 0.1) is 0 Å². The van der Waals surface area contributed by atoms with E-state index >= 15 is 0 Å². The van der Waals surface area contributed by atoms with Crippen molar-refractivity contribution < 1.29 is 9.59 Å². The predicted molar refractivity (Wildman–Crippen MR) is 131 cm³/mol. The van der Waals surface area contributed by atoms with Gasteiger partial charge in [-0.25, -0.2) is 0 Å². The molecule has 4 aromatic rings. The summed E-state index contributed by atoms with van der Waals surface area (Å²) in [5.41, 5.74) is 5.31. The summed E-state index contributed by atoms with van der Waals surface area (Å²) >= 11 is 0. The fraction of sp³-hybridized carbons (Fsp3) is 0.0345. The lowest BCUT2D eigenvalue weighted by Crippen LogP contribution is -2.07. The highest BCUT2D eigenvalue weighted by Gasteiger charge is 2.23. The van der Waals surface area contributed by atoms with Gasteiger partial charge in [-0.3, -0.25) is 9.59 Å². The van der Waals surface area contributed by atoms with Gasteiger partial charge in [-0.15, -0.1) is 0 Å². The lowest BCUT2D eigenvalue weighted by Gasteiger charge is -2.04. The Morgan fingerprint density at radius 3 is 2.41 bits per heavy atom. The van der Waals surface area contributed by atoms with Crippen LogP contribution < -0.4 is 5.32 Å². The number of allylic oxidation sites excluding steroid dienone is 1. The van der Waals surface area contributed by atoms with Gasteiger partial charge in [0.15, 0.2) is 5.78 Å². The average Bonchev–Trinajstić information content (AvgIpc) is 3.14. The molecule has 4 aromatic carbocycles. The van der Waals surface area contributed by atoms with Crippen molar-refractivity contribution in [3.05, 3.63) is 125 Å². The fourth-order valence-corrected chi connectivity index (χ4v) is 4.08. The molecular weight excluding hydrogens is 394 g/mol. The van der Waals surface area contributed by atoms with Gasteiger partial charge in [0.2, 0.25) is 5.91 Å². The van der Waals surface area contributed by atoms with Gasteiger partial charge >= 0.3 is 0 Å². The lowest BCUT2D eigenvalue weighted by molar-refractivity contribution is -0.111. The fourth-order valence-electron chi connectivity index (χ4n) is 4.08. The summed E-state index contributed by atoms with van der Waals surface area (Å²) in [6.07, 6.45) is 5.96. The van der Waals surface area contributed by atoms with E-state index in [1.54, 1.807) is 6.08 Å². The van der Waals surface area contributed by atoms with E-state index in [0.717, 1.165) is 38.6 Å². The van der Waals surface area contributed by atoms with E-state index in [-0.39, 0.29) is 11.7 Å². The quantitative estimate of drug-likeness (QED) is 0.397. The Hall–Kier alpha value is -4.24. The first-order chi connectivity index (χ1) is 15.7. The number of fused-ring (bicyclic) bond motifs is 2. The van der Waals surface area contributed by atoms with Crippen molar-refractivity contribution in [1.82, 2.24) is 0 Å². The summed E-state index contributed by atoms with van der Waals surface area (Å²) in [4.78, 5) is 25.0. The van der Waals surface area contributed by atoms with E-state index in [9.17, 15) is 9.59 Å².